The van der Waals surface area contributed by atoms with Crippen molar-refractivity contribution in [3.63, 3.8) is 0 Å². The highest BCUT2D eigenvalue weighted by atomic mass is 15.0. The van der Waals surface area contributed by atoms with Gasteiger partial charge >= 0.3 is 0 Å². The molecule has 0 saturated heterocycles. The maximum absolute atomic E-state index is 5.62. The third-order valence-corrected chi connectivity index (χ3v) is 11.4. The highest BCUT2D eigenvalue weighted by Gasteiger charge is 2.29. The first-order chi connectivity index (χ1) is 26.9. The maximum atomic E-state index is 5.62. The molecule has 7 aromatic rings. The lowest BCUT2D eigenvalue weighted by Crippen LogP contribution is -2.16. The van der Waals surface area contributed by atoms with Crippen LogP contribution in [0.3, 0.4) is 0 Å². The fourth-order valence-electron chi connectivity index (χ4n) is 8.72. The van der Waals surface area contributed by atoms with Crippen LogP contribution in [0.5, 0.6) is 0 Å². The Kier molecular flexibility index (Phi) is 10.4. The van der Waals surface area contributed by atoms with Crippen LogP contribution in [0.2, 0.25) is 0 Å². The van der Waals surface area contributed by atoms with Gasteiger partial charge in [-0.15, -0.1) is 0 Å². The van der Waals surface area contributed by atoms with Crippen molar-refractivity contribution in [2.45, 2.75) is 99.3 Å². The van der Waals surface area contributed by atoms with Crippen molar-refractivity contribution in [1.29, 1.82) is 0 Å². The van der Waals surface area contributed by atoms with E-state index in [2.05, 4.69) is 210 Å². The summed E-state index contributed by atoms with van der Waals surface area (Å²) in [4.78, 5) is 16.9. The van der Waals surface area contributed by atoms with Gasteiger partial charge in [0, 0.05) is 16.7 Å². The van der Waals surface area contributed by atoms with Gasteiger partial charge in [0.05, 0.1) is 0 Å². The molecule has 288 valence electrons. The topological polar surface area (TPSA) is 38.7 Å². The van der Waals surface area contributed by atoms with E-state index in [-0.39, 0.29) is 16.2 Å². The number of benzene rings is 6. The molecule has 0 atom stereocenters. The summed E-state index contributed by atoms with van der Waals surface area (Å²) in [6.45, 7) is 27.3. The third kappa shape index (κ3) is 7.73. The Bertz CT molecular complexity index is 2260. The number of nitrogens with zero attached hydrogens (tertiary/aromatic N) is 3. The van der Waals surface area contributed by atoms with Crippen LogP contribution >= 0.6 is 0 Å². The van der Waals surface area contributed by atoms with E-state index in [0.29, 0.717) is 17.5 Å². The maximum Gasteiger partial charge on any atom is 0.164 e. The molecule has 3 heteroatoms. The lowest BCUT2D eigenvalue weighted by Gasteiger charge is -2.27. The lowest BCUT2D eigenvalue weighted by atomic mass is 9.79. The van der Waals surface area contributed by atoms with Crippen LogP contribution in [0, 0.1) is 20.8 Å². The van der Waals surface area contributed by atoms with Crippen molar-refractivity contribution < 1.29 is 0 Å². The van der Waals surface area contributed by atoms with Gasteiger partial charge in [0.1, 0.15) is 0 Å². The first kappa shape index (κ1) is 39.6. The van der Waals surface area contributed by atoms with Gasteiger partial charge in [-0.2, -0.15) is 0 Å². The standard InChI is InChI=1S/C54H57N3/c1-34-43(52(4,5)6)31-28-40(37-22-16-13-17-23-37)46(34)49-55-50(47-35(2)44(53(7,8)9)32-29-41(47)38-24-18-14-19-25-38)57-51(56-49)48-36(3)45(54(10,11)12)33-30-42(48)39-26-20-15-21-27-39/h13-33H,1-12H3. The number of hydrogen-bond acceptors (Lipinski definition) is 3. The zero-order valence-corrected chi connectivity index (χ0v) is 36.0. The van der Waals surface area contributed by atoms with Crippen molar-refractivity contribution in [1.82, 2.24) is 15.0 Å². The predicted molar refractivity (Wildman–Crippen MR) is 243 cm³/mol. The van der Waals surface area contributed by atoms with Crippen molar-refractivity contribution in [2.24, 2.45) is 0 Å². The van der Waals surface area contributed by atoms with Gasteiger partial charge in [-0.1, -0.05) is 190 Å². The minimum Gasteiger partial charge on any atom is -0.208 e. The largest absolute Gasteiger partial charge is 0.208 e. The SMILES string of the molecule is Cc1c(C(C)(C)C)ccc(-c2ccccc2)c1-c1nc(-c2c(-c3ccccc3)ccc(C(C)(C)C)c2C)nc(-c2c(-c3ccccc3)ccc(C(C)(C)C)c2C)n1. The fourth-order valence-corrected chi connectivity index (χ4v) is 8.72. The predicted octanol–water partition coefficient (Wildman–Crippen LogP) is 14.7. The van der Waals surface area contributed by atoms with E-state index in [1.165, 1.54) is 33.4 Å². The molecule has 0 saturated carbocycles. The van der Waals surface area contributed by atoms with E-state index in [4.69, 9.17) is 15.0 Å². The minimum absolute atomic E-state index is 0.0943. The molecule has 1 heterocycles. The normalized spacial score (nSPS) is 12.2. The van der Waals surface area contributed by atoms with Crippen LogP contribution in [0.15, 0.2) is 127 Å². The summed E-state index contributed by atoms with van der Waals surface area (Å²) >= 11 is 0. The number of hydrogen-bond donors (Lipinski definition) is 0. The highest BCUT2D eigenvalue weighted by molar-refractivity contribution is 5.90. The summed E-state index contributed by atoms with van der Waals surface area (Å²) in [5.74, 6) is 2.03. The molecule has 7 rings (SSSR count). The summed E-state index contributed by atoms with van der Waals surface area (Å²) < 4.78 is 0. The quantitative estimate of drug-likeness (QED) is 0.170. The Hall–Kier alpha value is -5.67. The van der Waals surface area contributed by atoms with E-state index >= 15 is 0 Å². The Morgan fingerprint density at radius 3 is 0.737 bits per heavy atom. The molecule has 0 aliphatic rings. The molecule has 57 heavy (non-hydrogen) atoms. The number of aromatic nitrogens is 3. The summed E-state index contributed by atoms with van der Waals surface area (Å²) in [7, 11) is 0. The van der Waals surface area contributed by atoms with Crippen LogP contribution in [-0.2, 0) is 16.2 Å². The molecule has 0 fully saturated rings. The summed E-state index contributed by atoms with van der Waals surface area (Å²) in [6, 6.07) is 45.7. The Morgan fingerprint density at radius 2 is 0.526 bits per heavy atom. The van der Waals surface area contributed by atoms with Gasteiger partial charge in [-0.3, -0.25) is 0 Å². The molecule has 0 spiro atoms. The van der Waals surface area contributed by atoms with Crippen LogP contribution in [-0.4, -0.2) is 15.0 Å². The van der Waals surface area contributed by atoms with Crippen molar-refractivity contribution in [3.05, 3.63) is 161 Å². The van der Waals surface area contributed by atoms with E-state index in [1.54, 1.807) is 0 Å². The second kappa shape index (κ2) is 15.0. The monoisotopic (exact) mass is 747 g/mol. The minimum atomic E-state index is -0.0943. The third-order valence-electron chi connectivity index (χ3n) is 11.4. The van der Waals surface area contributed by atoms with Crippen LogP contribution in [0.25, 0.3) is 67.5 Å². The van der Waals surface area contributed by atoms with E-state index < -0.39 is 0 Å². The molecular formula is C54H57N3. The summed E-state index contributed by atoms with van der Waals surface area (Å²) in [5, 5.41) is 0. The second-order valence-electron chi connectivity index (χ2n) is 18.6. The fraction of sp³-hybridized carbons (Fsp3) is 0.278. The Morgan fingerprint density at radius 1 is 0.298 bits per heavy atom. The van der Waals surface area contributed by atoms with Gasteiger partial charge < -0.3 is 0 Å². The van der Waals surface area contributed by atoms with E-state index in [9.17, 15) is 0 Å². The van der Waals surface area contributed by atoms with Gasteiger partial charge in [0.2, 0.25) is 0 Å². The smallest absolute Gasteiger partial charge is 0.164 e. The molecule has 0 N–H and O–H groups in total. The average Bonchev–Trinajstić information content (AvgIpc) is 3.16. The molecule has 0 radical (unpaired) electrons. The van der Waals surface area contributed by atoms with Crippen LogP contribution in [0.1, 0.15) is 95.7 Å². The van der Waals surface area contributed by atoms with Crippen molar-refractivity contribution in [2.75, 3.05) is 0 Å². The van der Waals surface area contributed by atoms with Crippen molar-refractivity contribution >= 4 is 0 Å². The molecule has 0 bridgehead atoms. The molecule has 0 amide bonds. The molecule has 0 unspecified atom stereocenters. The summed E-state index contributed by atoms with van der Waals surface area (Å²) in [5.41, 5.74) is 16.9. The zero-order chi connectivity index (χ0) is 40.9. The Balaban J connectivity index is 1.68. The molecule has 6 aromatic carbocycles. The van der Waals surface area contributed by atoms with E-state index in [0.717, 1.165) is 50.1 Å². The van der Waals surface area contributed by atoms with Gasteiger partial charge in [-0.05, 0) is 104 Å². The molecule has 1 aromatic heterocycles. The van der Waals surface area contributed by atoms with Gasteiger partial charge in [-0.25, -0.2) is 15.0 Å². The lowest BCUT2D eigenvalue weighted by molar-refractivity contribution is 0.586. The van der Waals surface area contributed by atoms with Crippen LogP contribution < -0.4 is 0 Å². The highest BCUT2D eigenvalue weighted by Crippen LogP contribution is 2.45. The molecular weight excluding hydrogens is 691 g/mol. The zero-order valence-electron chi connectivity index (χ0n) is 36.0. The molecule has 0 aliphatic carbocycles. The first-order valence-corrected chi connectivity index (χ1v) is 20.3. The van der Waals surface area contributed by atoms with Gasteiger partial charge in [0.25, 0.3) is 0 Å². The Labute approximate surface area is 341 Å². The first-order valence-electron chi connectivity index (χ1n) is 20.3. The molecule has 0 aliphatic heterocycles. The second-order valence-corrected chi connectivity index (χ2v) is 18.6. The molecule has 3 nitrogen and oxygen atoms in total. The van der Waals surface area contributed by atoms with Crippen LogP contribution in [0.4, 0.5) is 0 Å². The van der Waals surface area contributed by atoms with Gasteiger partial charge in [0.15, 0.2) is 17.5 Å². The van der Waals surface area contributed by atoms with Crippen molar-refractivity contribution in [3.8, 4) is 67.5 Å². The summed E-state index contributed by atoms with van der Waals surface area (Å²) in [6.07, 6.45) is 0. The number of rotatable bonds is 6. The van der Waals surface area contributed by atoms with E-state index in [1.807, 2.05) is 0 Å². The average molecular weight is 748 g/mol.